The summed E-state index contributed by atoms with van der Waals surface area (Å²) in [5.74, 6) is 3.33. The van der Waals surface area contributed by atoms with Crippen molar-refractivity contribution < 1.29 is 9.47 Å². The van der Waals surface area contributed by atoms with Gasteiger partial charge in [-0.3, -0.25) is 0 Å². The molecule has 0 saturated carbocycles. The first-order chi connectivity index (χ1) is 14.7. The van der Waals surface area contributed by atoms with Crippen molar-refractivity contribution in [1.82, 2.24) is 25.4 Å². The molecule has 0 spiro atoms. The summed E-state index contributed by atoms with van der Waals surface area (Å²) in [5, 5.41) is 15.1. The Hall–Kier alpha value is -2.61. The molecule has 0 aliphatic heterocycles. The fourth-order valence-electron chi connectivity index (χ4n) is 2.85. The molecule has 0 unspecified atom stereocenters. The Labute approximate surface area is 186 Å². The second-order valence-corrected chi connectivity index (χ2v) is 8.54. The summed E-state index contributed by atoms with van der Waals surface area (Å²) in [5.41, 5.74) is 1.94. The van der Waals surface area contributed by atoms with Gasteiger partial charge in [-0.25, -0.2) is 4.99 Å². The molecule has 0 aliphatic rings. The van der Waals surface area contributed by atoms with Crippen LogP contribution in [0.25, 0.3) is 0 Å². The van der Waals surface area contributed by atoms with Gasteiger partial charge in [0.2, 0.25) is 0 Å². The number of nitrogens with zero attached hydrogens (tertiary/aromatic N) is 4. The van der Waals surface area contributed by atoms with Gasteiger partial charge in [0.25, 0.3) is 0 Å². The molecule has 0 radical (unpaired) electrons. The lowest BCUT2D eigenvalue weighted by Crippen LogP contribution is -2.38. The molecule has 1 heterocycles. The van der Waals surface area contributed by atoms with Gasteiger partial charge in [-0.1, -0.05) is 12.1 Å². The number of hydrogen-bond donors (Lipinski definition) is 2. The van der Waals surface area contributed by atoms with Crippen LogP contribution in [0.4, 0.5) is 0 Å². The van der Waals surface area contributed by atoms with Gasteiger partial charge in [-0.15, -0.1) is 10.2 Å². The van der Waals surface area contributed by atoms with Gasteiger partial charge in [0.15, 0.2) is 11.8 Å². The number of hydrogen-bond acceptors (Lipinski definition) is 5. The third-order valence-corrected chi connectivity index (χ3v) is 4.61. The van der Waals surface area contributed by atoms with E-state index < -0.39 is 0 Å². The van der Waals surface area contributed by atoms with E-state index in [1.165, 1.54) is 0 Å². The predicted molar refractivity (Wildman–Crippen MR) is 124 cm³/mol. The van der Waals surface area contributed by atoms with Crippen LogP contribution in [0.2, 0.25) is 0 Å². The summed E-state index contributed by atoms with van der Waals surface area (Å²) < 4.78 is 13.6. The first-order valence-corrected chi connectivity index (χ1v) is 10.9. The zero-order valence-corrected chi connectivity index (χ0v) is 20.1. The Bertz CT molecular complexity index is 854. The second kappa shape index (κ2) is 11.7. The van der Waals surface area contributed by atoms with Gasteiger partial charge in [0, 0.05) is 32.4 Å². The summed E-state index contributed by atoms with van der Waals surface area (Å²) in [6.45, 7) is 15.4. The molecule has 1 aromatic heterocycles. The average Bonchev–Trinajstić information content (AvgIpc) is 3.01. The van der Waals surface area contributed by atoms with E-state index in [4.69, 9.17) is 14.5 Å². The molecular formula is C23H38N6O2. The molecule has 2 aromatic rings. The minimum atomic E-state index is -0.270. The monoisotopic (exact) mass is 430 g/mol. The van der Waals surface area contributed by atoms with Crippen molar-refractivity contribution in [2.75, 3.05) is 19.8 Å². The maximum Gasteiger partial charge on any atom is 0.191 e. The quantitative estimate of drug-likeness (QED) is 0.342. The highest BCUT2D eigenvalue weighted by molar-refractivity contribution is 5.79. The van der Waals surface area contributed by atoms with Crippen LogP contribution >= 0.6 is 0 Å². The highest BCUT2D eigenvalue weighted by Crippen LogP contribution is 2.25. The van der Waals surface area contributed by atoms with E-state index in [0.717, 1.165) is 60.7 Å². The van der Waals surface area contributed by atoms with Crippen molar-refractivity contribution in [2.45, 2.75) is 66.7 Å². The molecular weight excluding hydrogens is 392 g/mol. The van der Waals surface area contributed by atoms with Crippen molar-refractivity contribution >= 4 is 5.96 Å². The average molecular weight is 431 g/mol. The van der Waals surface area contributed by atoms with Crippen molar-refractivity contribution in [3.63, 3.8) is 0 Å². The lowest BCUT2D eigenvalue weighted by atomic mass is 10.1. The third-order valence-electron chi connectivity index (χ3n) is 4.61. The Morgan fingerprint density at radius 3 is 2.58 bits per heavy atom. The van der Waals surface area contributed by atoms with Crippen LogP contribution in [0, 0.1) is 13.8 Å². The highest BCUT2D eigenvalue weighted by atomic mass is 16.5. The van der Waals surface area contributed by atoms with Crippen molar-refractivity contribution in [2.24, 2.45) is 12.0 Å². The summed E-state index contributed by atoms with van der Waals surface area (Å²) >= 11 is 0. The first-order valence-electron chi connectivity index (χ1n) is 10.9. The highest BCUT2D eigenvalue weighted by Gasteiger charge is 2.15. The maximum absolute atomic E-state index is 6.17. The van der Waals surface area contributed by atoms with E-state index in [1.54, 1.807) is 0 Å². The van der Waals surface area contributed by atoms with E-state index in [1.807, 2.05) is 25.5 Å². The summed E-state index contributed by atoms with van der Waals surface area (Å²) in [6.07, 6.45) is 0.903. The van der Waals surface area contributed by atoms with Crippen molar-refractivity contribution in [3.05, 3.63) is 41.0 Å². The number of benzene rings is 1. The van der Waals surface area contributed by atoms with Crippen LogP contribution in [0.3, 0.4) is 0 Å². The molecule has 0 bridgehead atoms. The Morgan fingerprint density at radius 2 is 1.94 bits per heavy atom. The third kappa shape index (κ3) is 8.57. The molecule has 1 aromatic carbocycles. The van der Waals surface area contributed by atoms with Crippen molar-refractivity contribution in [3.8, 4) is 5.75 Å². The molecule has 8 nitrogen and oxygen atoms in total. The number of ether oxygens (including phenoxy) is 2. The normalized spacial score (nSPS) is 12.2. The van der Waals surface area contributed by atoms with Crippen LogP contribution in [-0.4, -0.2) is 46.1 Å². The van der Waals surface area contributed by atoms with Gasteiger partial charge in [0.1, 0.15) is 17.2 Å². The Morgan fingerprint density at radius 1 is 1.16 bits per heavy atom. The van der Waals surface area contributed by atoms with E-state index >= 15 is 0 Å². The molecule has 31 heavy (non-hydrogen) atoms. The minimum absolute atomic E-state index is 0.270. The fourth-order valence-corrected chi connectivity index (χ4v) is 2.85. The molecule has 172 valence electrons. The van der Waals surface area contributed by atoms with Crippen LogP contribution in [0.5, 0.6) is 5.75 Å². The SMILES string of the molecule is CCOCCCNC(=NCc1ccc(C)cc1OC(C)(C)C)NCc1nnc(C)n1C. The molecule has 0 amide bonds. The maximum atomic E-state index is 6.17. The lowest BCUT2D eigenvalue weighted by Gasteiger charge is -2.23. The van der Waals surface area contributed by atoms with E-state index in [0.29, 0.717) is 13.1 Å². The molecule has 2 N–H and O–H groups in total. The van der Waals surface area contributed by atoms with E-state index in [9.17, 15) is 0 Å². The zero-order chi connectivity index (χ0) is 22.9. The number of nitrogens with one attached hydrogen (secondary N) is 2. The molecule has 8 heteroatoms. The van der Waals surface area contributed by atoms with Crippen LogP contribution in [0.15, 0.2) is 23.2 Å². The lowest BCUT2D eigenvalue weighted by molar-refractivity contribution is 0.129. The molecule has 0 atom stereocenters. The van der Waals surface area contributed by atoms with E-state index in [-0.39, 0.29) is 5.60 Å². The summed E-state index contributed by atoms with van der Waals surface area (Å²) in [7, 11) is 1.96. The zero-order valence-electron chi connectivity index (χ0n) is 20.1. The van der Waals surface area contributed by atoms with Crippen LogP contribution in [-0.2, 0) is 24.9 Å². The first kappa shape index (κ1) is 24.7. The number of aliphatic imine (C=N–C) groups is 1. The standard InChI is InChI=1S/C23H38N6O2/c1-8-30-13-9-12-24-22(26-16-21-28-27-18(3)29(21)7)25-15-19-11-10-17(2)14-20(19)31-23(4,5)6/h10-11,14H,8-9,12-13,15-16H2,1-7H3,(H2,24,25,26). The predicted octanol–water partition coefficient (Wildman–Crippen LogP) is 3.27. The van der Waals surface area contributed by atoms with Gasteiger partial charge < -0.3 is 24.7 Å². The van der Waals surface area contributed by atoms with Gasteiger partial charge in [0.05, 0.1) is 13.1 Å². The Balaban J connectivity index is 2.11. The molecule has 0 saturated heterocycles. The van der Waals surface area contributed by atoms with Crippen LogP contribution in [0.1, 0.15) is 56.9 Å². The number of rotatable bonds is 10. The van der Waals surface area contributed by atoms with E-state index in [2.05, 4.69) is 66.7 Å². The van der Waals surface area contributed by atoms with Crippen molar-refractivity contribution in [1.29, 1.82) is 0 Å². The van der Waals surface area contributed by atoms with Crippen LogP contribution < -0.4 is 15.4 Å². The van der Waals surface area contributed by atoms with Gasteiger partial charge >= 0.3 is 0 Å². The summed E-state index contributed by atoms with van der Waals surface area (Å²) in [4.78, 5) is 4.80. The smallest absolute Gasteiger partial charge is 0.191 e. The summed E-state index contributed by atoms with van der Waals surface area (Å²) in [6, 6.07) is 6.24. The second-order valence-electron chi connectivity index (χ2n) is 8.54. The number of aryl methyl sites for hydroxylation is 2. The fraction of sp³-hybridized carbons (Fsp3) is 0.609. The Kier molecular flexibility index (Phi) is 9.30. The van der Waals surface area contributed by atoms with Gasteiger partial charge in [-0.05, 0) is 59.6 Å². The largest absolute Gasteiger partial charge is 0.488 e. The number of guanidine groups is 1. The minimum Gasteiger partial charge on any atom is -0.488 e. The number of aromatic nitrogens is 3. The van der Waals surface area contributed by atoms with Gasteiger partial charge in [-0.2, -0.15) is 0 Å². The molecule has 0 fully saturated rings. The molecule has 0 aliphatic carbocycles. The topological polar surface area (TPSA) is 85.6 Å². The molecule has 2 rings (SSSR count).